The number of rotatable bonds is 6. The van der Waals surface area contributed by atoms with E-state index in [1.54, 1.807) is 43.3 Å². The fourth-order valence-corrected chi connectivity index (χ4v) is 2.04. The topological polar surface area (TPSA) is 100 Å². The second kappa shape index (κ2) is 8.68. The van der Waals surface area contributed by atoms with Gasteiger partial charge in [0.25, 0.3) is 5.91 Å². The van der Waals surface area contributed by atoms with Crippen molar-refractivity contribution in [2.45, 2.75) is 32.9 Å². The molecule has 0 fully saturated rings. The zero-order valence-electron chi connectivity index (χ0n) is 14.2. The standard InChI is InChI=1S/C18H21N3O4/c1-3-12(2)20-17(23)18(24)21-15-9-5-4-8-14(15)16(22)19-11-13-7-6-10-25-13/h4-10,12H,3,11H2,1-2H3,(H,19,22)(H,20,23)(H,21,24)/t12-/m1/s1. The van der Waals surface area contributed by atoms with Crippen LogP contribution in [0.3, 0.4) is 0 Å². The van der Waals surface area contributed by atoms with Crippen LogP contribution in [0.1, 0.15) is 36.4 Å². The SMILES string of the molecule is CC[C@@H](C)NC(=O)C(=O)Nc1ccccc1C(=O)NCc1ccco1. The summed E-state index contributed by atoms with van der Waals surface area (Å²) in [7, 11) is 0. The number of nitrogens with one attached hydrogen (secondary N) is 3. The van der Waals surface area contributed by atoms with Crippen LogP contribution in [-0.4, -0.2) is 23.8 Å². The molecule has 1 aromatic heterocycles. The van der Waals surface area contributed by atoms with Gasteiger partial charge in [-0.25, -0.2) is 0 Å². The van der Waals surface area contributed by atoms with Crippen LogP contribution >= 0.6 is 0 Å². The molecule has 0 aliphatic heterocycles. The van der Waals surface area contributed by atoms with Gasteiger partial charge in [0.05, 0.1) is 24.1 Å². The molecule has 0 unspecified atom stereocenters. The number of furan rings is 1. The lowest BCUT2D eigenvalue weighted by Crippen LogP contribution is -2.40. The van der Waals surface area contributed by atoms with Crippen molar-refractivity contribution in [1.82, 2.24) is 10.6 Å². The summed E-state index contributed by atoms with van der Waals surface area (Å²) in [6.07, 6.45) is 2.23. The van der Waals surface area contributed by atoms with Crippen molar-refractivity contribution < 1.29 is 18.8 Å². The van der Waals surface area contributed by atoms with Crippen LogP contribution in [0.25, 0.3) is 0 Å². The number of carbonyl (C=O) groups is 3. The number of para-hydroxylation sites is 1. The Labute approximate surface area is 145 Å². The van der Waals surface area contributed by atoms with Gasteiger partial charge in [-0.3, -0.25) is 14.4 Å². The van der Waals surface area contributed by atoms with Gasteiger partial charge < -0.3 is 20.4 Å². The highest BCUT2D eigenvalue weighted by Gasteiger charge is 2.18. The molecule has 0 saturated carbocycles. The summed E-state index contributed by atoms with van der Waals surface area (Å²) in [6, 6.07) is 9.85. The van der Waals surface area contributed by atoms with Crippen LogP contribution in [0.2, 0.25) is 0 Å². The highest BCUT2D eigenvalue weighted by atomic mass is 16.3. The van der Waals surface area contributed by atoms with E-state index in [9.17, 15) is 14.4 Å². The number of carbonyl (C=O) groups excluding carboxylic acids is 3. The molecule has 1 heterocycles. The minimum atomic E-state index is -0.813. The van der Waals surface area contributed by atoms with Gasteiger partial charge in [0, 0.05) is 6.04 Å². The van der Waals surface area contributed by atoms with Crippen molar-refractivity contribution in [2.75, 3.05) is 5.32 Å². The minimum absolute atomic E-state index is 0.106. The van der Waals surface area contributed by atoms with E-state index in [0.29, 0.717) is 12.2 Å². The highest BCUT2D eigenvalue weighted by Crippen LogP contribution is 2.15. The Hall–Kier alpha value is -3.09. The van der Waals surface area contributed by atoms with Gasteiger partial charge in [0.1, 0.15) is 5.76 Å². The molecule has 2 rings (SSSR count). The van der Waals surface area contributed by atoms with E-state index in [2.05, 4.69) is 16.0 Å². The van der Waals surface area contributed by atoms with Crippen LogP contribution in [-0.2, 0) is 16.1 Å². The maximum absolute atomic E-state index is 12.3. The van der Waals surface area contributed by atoms with Gasteiger partial charge in [-0.15, -0.1) is 0 Å². The van der Waals surface area contributed by atoms with Crippen molar-refractivity contribution in [2.24, 2.45) is 0 Å². The number of hydrogen-bond donors (Lipinski definition) is 3. The first-order chi connectivity index (χ1) is 12.0. The molecule has 0 aliphatic carbocycles. The van der Waals surface area contributed by atoms with Gasteiger partial charge in [0.15, 0.2) is 0 Å². The van der Waals surface area contributed by atoms with E-state index in [1.165, 1.54) is 6.26 Å². The fourth-order valence-electron chi connectivity index (χ4n) is 2.04. The van der Waals surface area contributed by atoms with E-state index < -0.39 is 11.8 Å². The second-order valence-electron chi connectivity index (χ2n) is 5.54. The molecule has 3 N–H and O–H groups in total. The summed E-state index contributed by atoms with van der Waals surface area (Å²) in [5.41, 5.74) is 0.530. The van der Waals surface area contributed by atoms with Gasteiger partial charge in [-0.2, -0.15) is 0 Å². The summed E-state index contributed by atoms with van der Waals surface area (Å²) in [6.45, 7) is 3.94. The number of amides is 3. The Bertz CT molecular complexity index is 741. The molecule has 0 aliphatic rings. The molecular formula is C18H21N3O4. The number of anilines is 1. The molecule has 1 atom stereocenters. The number of benzene rings is 1. The van der Waals surface area contributed by atoms with Crippen LogP contribution in [0, 0.1) is 0 Å². The maximum Gasteiger partial charge on any atom is 0.313 e. The largest absolute Gasteiger partial charge is 0.467 e. The van der Waals surface area contributed by atoms with Crippen molar-refractivity contribution in [3.8, 4) is 0 Å². The lowest BCUT2D eigenvalue weighted by molar-refractivity contribution is -0.136. The van der Waals surface area contributed by atoms with E-state index in [4.69, 9.17) is 4.42 Å². The molecule has 25 heavy (non-hydrogen) atoms. The Kier molecular flexibility index (Phi) is 6.33. The molecule has 0 saturated heterocycles. The maximum atomic E-state index is 12.3. The Balaban J connectivity index is 2.03. The highest BCUT2D eigenvalue weighted by molar-refractivity contribution is 6.40. The molecule has 0 spiro atoms. The van der Waals surface area contributed by atoms with Gasteiger partial charge >= 0.3 is 11.8 Å². The predicted molar refractivity (Wildman–Crippen MR) is 92.8 cm³/mol. The van der Waals surface area contributed by atoms with Crippen molar-refractivity contribution in [3.63, 3.8) is 0 Å². The van der Waals surface area contributed by atoms with Gasteiger partial charge in [-0.05, 0) is 37.6 Å². The third kappa shape index (κ3) is 5.20. The number of hydrogen-bond acceptors (Lipinski definition) is 4. The Morgan fingerprint density at radius 2 is 1.84 bits per heavy atom. The first-order valence-corrected chi connectivity index (χ1v) is 8.02. The van der Waals surface area contributed by atoms with Gasteiger partial charge in [0.2, 0.25) is 0 Å². The minimum Gasteiger partial charge on any atom is -0.467 e. The third-order valence-corrected chi connectivity index (χ3v) is 3.62. The second-order valence-corrected chi connectivity index (χ2v) is 5.54. The Morgan fingerprint density at radius 1 is 1.08 bits per heavy atom. The van der Waals surface area contributed by atoms with E-state index in [-0.39, 0.29) is 29.7 Å². The van der Waals surface area contributed by atoms with E-state index in [1.807, 2.05) is 6.92 Å². The van der Waals surface area contributed by atoms with Crippen LogP contribution in [0.4, 0.5) is 5.69 Å². The summed E-state index contributed by atoms with van der Waals surface area (Å²) < 4.78 is 5.16. The lowest BCUT2D eigenvalue weighted by atomic mass is 10.1. The quantitative estimate of drug-likeness (QED) is 0.699. The van der Waals surface area contributed by atoms with E-state index in [0.717, 1.165) is 0 Å². The normalized spacial score (nSPS) is 11.4. The van der Waals surface area contributed by atoms with Crippen LogP contribution in [0.5, 0.6) is 0 Å². The zero-order valence-corrected chi connectivity index (χ0v) is 14.2. The zero-order chi connectivity index (χ0) is 18.2. The van der Waals surface area contributed by atoms with Crippen molar-refractivity contribution >= 4 is 23.4 Å². The molecule has 132 valence electrons. The molecule has 7 heteroatoms. The van der Waals surface area contributed by atoms with Crippen molar-refractivity contribution in [1.29, 1.82) is 0 Å². The molecule has 1 aromatic carbocycles. The molecule has 0 radical (unpaired) electrons. The predicted octanol–water partition coefficient (Wildman–Crippen LogP) is 2.06. The van der Waals surface area contributed by atoms with Gasteiger partial charge in [-0.1, -0.05) is 19.1 Å². The summed E-state index contributed by atoms with van der Waals surface area (Å²) in [4.78, 5) is 36.2. The van der Waals surface area contributed by atoms with Crippen LogP contribution in [0.15, 0.2) is 47.1 Å². The van der Waals surface area contributed by atoms with Crippen LogP contribution < -0.4 is 16.0 Å². The lowest BCUT2D eigenvalue weighted by Gasteiger charge is -2.13. The smallest absolute Gasteiger partial charge is 0.313 e. The first kappa shape index (κ1) is 18.3. The molecule has 0 bridgehead atoms. The average Bonchev–Trinajstić information content (AvgIpc) is 3.13. The van der Waals surface area contributed by atoms with Crippen molar-refractivity contribution in [3.05, 3.63) is 54.0 Å². The third-order valence-electron chi connectivity index (χ3n) is 3.62. The molecule has 2 aromatic rings. The summed E-state index contributed by atoms with van der Waals surface area (Å²) >= 11 is 0. The monoisotopic (exact) mass is 343 g/mol. The Morgan fingerprint density at radius 3 is 2.52 bits per heavy atom. The summed E-state index contributed by atoms with van der Waals surface area (Å²) in [5.74, 6) is -1.32. The fraction of sp³-hybridized carbons (Fsp3) is 0.278. The summed E-state index contributed by atoms with van der Waals surface area (Å²) in [5, 5.41) is 7.76. The molecule has 7 nitrogen and oxygen atoms in total. The molecular weight excluding hydrogens is 322 g/mol. The average molecular weight is 343 g/mol. The first-order valence-electron chi connectivity index (χ1n) is 8.02. The van der Waals surface area contributed by atoms with E-state index >= 15 is 0 Å². The molecule has 3 amide bonds.